The monoisotopic (exact) mass is 699 g/mol. The number of carbonyl (C=O) groups is 5. The van der Waals surface area contributed by atoms with E-state index in [9.17, 15) is 38.7 Å². The standard InChI is InChI=1S/C34H27N7O8.K/c1-35-27(42)21-5-3-7-23(17-21)40-31(46)25(29(44)38-33(40)48)11-9-19(20-13-15-37-16-14-20)10-12-26-30(45)39-34(49)41(32(26)47)24-8-4-6-22(18-24)28(43)36-2;/h3-18,44H,1-2H3,(H,35,42)(H,36,43)(H,38,48)(H,39,45,49);/q;+1/p-1. The van der Waals surface area contributed by atoms with Gasteiger partial charge in [-0.1, -0.05) is 24.3 Å². The van der Waals surface area contributed by atoms with Crippen LogP contribution in [0.1, 0.15) is 31.8 Å². The molecule has 0 spiro atoms. The number of imide groups is 2. The minimum absolute atomic E-state index is 0. The van der Waals surface area contributed by atoms with Crippen LogP contribution >= 0.6 is 0 Å². The largest absolute Gasteiger partial charge is 1.00 e. The molecule has 1 fully saturated rings. The van der Waals surface area contributed by atoms with Gasteiger partial charge >= 0.3 is 63.1 Å². The van der Waals surface area contributed by atoms with Crippen LogP contribution in [0.15, 0.2) is 106 Å². The van der Waals surface area contributed by atoms with Crippen LogP contribution in [0.5, 0.6) is 5.88 Å². The molecule has 2 aromatic heterocycles. The van der Waals surface area contributed by atoms with Gasteiger partial charge in [0.2, 0.25) is 0 Å². The van der Waals surface area contributed by atoms with E-state index in [4.69, 9.17) is 0 Å². The zero-order valence-corrected chi connectivity index (χ0v) is 30.0. The number of rotatable bonds is 8. The van der Waals surface area contributed by atoms with E-state index in [2.05, 4.69) is 25.9 Å². The van der Waals surface area contributed by atoms with E-state index < -0.39 is 57.9 Å². The van der Waals surface area contributed by atoms with E-state index in [1.165, 1.54) is 87.2 Å². The number of barbiturate groups is 1. The molecular weight excluding hydrogens is 674 g/mol. The second kappa shape index (κ2) is 16.3. The first kappa shape index (κ1) is 37.3. The molecule has 0 aliphatic carbocycles. The maximum atomic E-state index is 13.5. The van der Waals surface area contributed by atoms with E-state index in [0.717, 1.165) is 12.2 Å². The molecule has 1 saturated heterocycles. The number of amides is 6. The third-order valence-electron chi connectivity index (χ3n) is 7.26. The molecule has 0 atom stereocenters. The van der Waals surface area contributed by atoms with Crippen molar-refractivity contribution < 1.29 is 80.5 Å². The maximum absolute atomic E-state index is 13.5. The summed E-state index contributed by atoms with van der Waals surface area (Å²) in [5.74, 6) is -3.84. The average Bonchev–Trinajstić information content (AvgIpc) is 3.10. The number of H-pyrrole nitrogens is 1. The molecule has 0 bridgehead atoms. The van der Waals surface area contributed by atoms with E-state index >= 15 is 0 Å². The molecule has 0 radical (unpaired) electrons. The van der Waals surface area contributed by atoms with E-state index in [-0.39, 0.29) is 73.9 Å². The number of hydrogen-bond donors (Lipinski definition) is 4. The minimum Gasteiger partial charge on any atom is -0.860 e. The zero-order chi connectivity index (χ0) is 35.2. The Morgan fingerprint density at radius 2 is 1.44 bits per heavy atom. The summed E-state index contributed by atoms with van der Waals surface area (Å²) in [6.07, 6.45) is 7.97. The van der Waals surface area contributed by atoms with Crippen molar-refractivity contribution in [3.63, 3.8) is 0 Å². The van der Waals surface area contributed by atoms with Crippen molar-refractivity contribution in [3.8, 4) is 11.6 Å². The Morgan fingerprint density at radius 3 is 2.06 bits per heavy atom. The predicted molar refractivity (Wildman–Crippen MR) is 176 cm³/mol. The number of anilines is 1. The SMILES string of the molecule is CNC(=O)c1cccc(N2C(=O)NC(=O)C(=CC=C(C=Cc3c([O-])[nH]c(=O)n(-c4cccc(C(=O)NC)c4)c3=O)c3ccncc3)C2=O)c1.[K+]. The van der Waals surface area contributed by atoms with Gasteiger partial charge in [-0.3, -0.25) is 34.3 Å². The minimum atomic E-state index is -1.02. The van der Waals surface area contributed by atoms with Crippen molar-refractivity contribution in [2.75, 3.05) is 19.0 Å². The van der Waals surface area contributed by atoms with Gasteiger partial charge in [-0.25, -0.2) is 19.1 Å². The molecule has 246 valence electrons. The summed E-state index contributed by atoms with van der Waals surface area (Å²) >= 11 is 0. The van der Waals surface area contributed by atoms with Crippen molar-refractivity contribution in [2.45, 2.75) is 0 Å². The molecule has 15 nitrogen and oxygen atoms in total. The summed E-state index contributed by atoms with van der Waals surface area (Å²) in [6, 6.07) is 13.6. The summed E-state index contributed by atoms with van der Waals surface area (Å²) in [5.41, 5.74) is -1.64. The Balaban J connectivity index is 0.00000562. The fourth-order valence-corrected chi connectivity index (χ4v) is 4.82. The molecule has 1 aliphatic rings. The van der Waals surface area contributed by atoms with Crippen LogP contribution in [0, 0.1) is 0 Å². The van der Waals surface area contributed by atoms with Gasteiger partial charge in [-0.05, 0) is 77.7 Å². The normalized spacial score (nSPS) is 14.0. The fourth-order valence-electron chi connectivity index (χ4n) is 4.82. The molecule has 5 rings (SSSR count). The second-order valence-electron chi connectivity index (χ2n) is 10.2. The number of pyridine rings is 1. The first-order valence-electron chi connectivity index (χ1n) is 14.4. The molecular formula is C34H26KN7O8. The van der Waals surface area contributed by atoms with Gasteiger partial charge in [0.15, 0.2) is 0 Å². The Hall–Kier alpha value is -5.52. The maximum Gasteiger partial charge on any atom is 1.00 e. The first-order valence-corrected chi connectivity index (χ1v) is 14.4. The van der Waals surface area contributed by atoms with Gasteiger partial charge in [-0.15, -0.1) is 0 Å². The van der Waals surface area contributed by atoms with Crippen molar-refractivity contribution in [2.24, 2.45) is 0 Å². The molecule has 0 unspecified atom stereocenters. The summed E-state index contributed by atoms with van der Waals surface area (Å²) in [5, 5.41) is 19.8. The van der Waals surface area contributed by atoms with Crippen LogP contribution in [0.2, 0.25) is 0 Å². The van der Waals surface area contributed by atoms with E-state index in [1.807, 2.05) is 0 Å². The number of benzene rings is 2. The summed E-state index contributed by atoms with van der Waals surface area (Å²) < 4.78 is 0.709. The number of allylic oxidation sites excluding steroid dienone is 4. The molecule has 4 aromatic rings. The van der Waals surface area contributed by atoms with Crippen LogP contribution in [0.4, 0.5) is 10.5 Å². The molecule has 0 saturated carbocycles. The van der Waals surface area contributed by atoms with Crippen LogP contribution in [-0.4, -0.2) is 58.3 Å². The van der Waals surface area contributed by atoms with Gasteiger partial charge in [0.1, 0.15) is 5.57 Å². The number of hydrogen-bond acceptors (Lipinski definition) is 9. The predicted octanol–water partition coefficient (Wildman–Crippen LogP) is -1.98. The van der Waals surface area contributed by atoms with Crippen LogP contribution in [0.25, 0.3) is 17.3 Å². The van der Waals surface area contributed by atoms with E-state index in [0.29, 0.717) is 20.6 Å². The smallest absolute Gasteiger partial charge is 0.860 e. The third-order valence-corrected chi connectivity index (χ3v) is 7.26. The number of urea groups is 1. The zero-order valence-electron chi connectivity index (χ0n) is 26.8. The number of nitrogens with zero attached hydrogens (tertiary/aromatic N) is 3. The van der Waals surface area contributed by atoms with Crippen LogP contribution in [0.3, 0.4) is 0 Å². The van der Waals surface area contributed by atoms with Gasteiger partial charge < -0.3 is 20.7 Å². The summed E-state index contributed by atoms with van der Waals surface area (Å²) in [4.78, 5) is 96.3. The van der Waals surface area contributed by atoms with Gasteiger partial charge in [0.25, 0.3) is 29.2 Å². The van der Waals surface area contributed by atoms with Gasteiger partial charge in [0.05, 0.1) is 11.4 Å². The van der Waals surface area contributed by atoms with Crippen molar-refractivity contribution in [3.05, 3.63) is 140 Å². The molecule has 1 aliphatic heterocycles. The summed E-state index contributed by atoms with van der Waals surface area (Å²) in [7, 11) is 2.85. The Morgan fingerprint density at radius 1 is 0.840 bits per heavy atom. The number of aromatic amines is 1. The van der Waals surface area contributed by atoms with Crippen LogP contribution in [-0.2, 0) is 9.59 Å². The van der Waals surface area contributed by atoms with Crippen molar-refractivity contribution >= 4 is 47.0 Å². The number of nitrogens with one attached hydrogen (secondary N) is 4. The quantitative estimate of drug-likeness (QED) is 0.0693. The third kappa shape index (κ3) is 7.85. The second-order valence-corrected chi connectivity index (χ2v) is 10.2. The molecule has 4 N–H and O–H groups in total. The van der Waals surface area contributed by atoms with E-state index in [1.54, 1.807) is 12.1 Å². The first-order chi connectivity index (χ1) is 23.5. The van der Waals surface area contributed by atoms with Gasteiger partial charge in [-0.2, -0.15) is 0 Å². The number of carbonyl (C=O) groups excluding carboxylic acids is 5. The average molecular weight is 700 g/mol. The summed E-state index contributed by atoms with van der Waals surface area (Å²) in [6.45, 7) is 0. The Labute approximate surface area is 325 Å². The number of aromatic nitrogens is 3. The Bertz CT molecular complexity index is 2240. The Kier molecular flexibility index (Phi) is 12.1. The molecule has 16 heteroatoms. The van der Waals surface area contributed by atoms with Crippen LogP contribution < -0.4 is 88.6 Å². The van der Waals surface area contributed by atoms with Gasteiger partial charge in [0, 0.05) is 43.2 Å². The topological polar surface area (TPSA) is 215 Å². The fraction of sp³-hybridized carbons (Fsp3) is 0.0588. The molecule has 50 heavy (non-hydrogen) atoms. The molecule has 3 heterocycles. The molecule has 2 aromatic carbocycles. The van der Waals surface area contributed by atoms with Crippen molar-refractivity contribution in [1.29, 1.82) is 0 Å². The molecule has 6 amide bonds. The van der Waals surface area contributed by atoms with Crippen molar-refractivity contribution in [1.82, 2.24) is 30.5 Å².